The summed E-state index contributed by atoms with van der Waals surface area (Å²) < 4.78 is 5.50. The molecular formula is C26H29N3O6. The summed E-state index contributed by atoms with van der Waals surface area (Å²) in [5, 5.41) is 14.5. The third-order valence-electron chi connectivity index (χ3n) is 6.56. The summed E-state index contributed by atoms with van der Waals surface area (Å²) in [4.78, 5) is 50.9. The number of alkyl carbamates (subject to hydrolysis) is 1. The van der Waals surface area contributed by atoms with E-state index in [1.807, 2.05) is 48.5 Å². The van der Waals surface area contributed by atoms with Crippen molar-refractivity contribution in [3.63, 3.8) is 0 Å². The minimum absolute atomic E-state index is 0.0431. The van der Waals surface area contributed by atoms with Crippen LogP contribution >= 0.6 is 0 Å². The van der Waals surface area contributed by atoms with Gasteiger partial charge in [0.05, 0.1) is 6.42 Å². The fourth-order valence-corrected chi connectivity index (χ4v) is 4.91. The summed E-state index contributed by atoms with van der Waals surface area (Å²) in [5.41, 5.74) is 3.42. The molecule has 0 saturated carbocycles. The highest BCUT2D eigenvalue weighted by Gasteiger charge is 2.39. The molecule has 2 aromatic rings. The number of hydrogen-bond acceptors (Lipinski definition) is 5. The van der Waals surface area contributed by atoms with E-state index in [9.17, 15) is 24.3 Å². The molecule has 1 fully saturated rings. The van der Waals surface area contributed by atoms with E-state index in [-0.39, 0.29) is 37.9 Å². The average molecular weight is 480 g/mol. The maximum Gasteiger partial charge on any atom is 0.407 e. The van der Waals surface area contributed by atoms with Crippen molar-refractivity contribution in [3.8, 4) is 11.1 Å². The fraction of sp³-hybridized carbons (Fsp3) is 0.385. The average Bonchev–Trinajstić information content (AvgIpc) is 3.04. The van der Waals surface area contributed by atoms with E-state index < -0.39 is 36.0 Å². The number of aliphatic carboxylic acids is 1. The number of carbonyl (C=O) groups is 4. The molecule has 3 amide bonds. The Morgan fingerprint density at radius 1 is 1.11 bits per heavy atom. The Morgan fingerprint density at radius 3 is 2.31 bits per heavy atom. The van der Waals surface area contributed by atoms with Gasteiger partial charge in [-0.15, -0.1) is 0 Å². The number of nitrogens with zero attached hydrogens (tertiary/aromatic N) is 1. The van der Waals surface area contributed by atoms with Gasteiger partial charge >= 0.3 is 12.1 Å². The lowest BCUT2D eigenvalue weighted by Gasteiger charge is -2.38. The van der Waals surface area contributed by atoms with Gasteiger partial charge in [0, 0.05) is 31.0 Å². The molecular weight excluding hydrogens is 450 g/mol. The van der Waals surface area contributed by atoms with Gasteiger partial charge in [0.2, 0.25) is 11.8 Å². The first-order valence-electron chi connectivity index (χ1n) is 11.6. The smallest absolute Gasteiger partial charge is 0.407 e. The van der Waals surface area contributed by atoms with Crippen molar-refractivity contribution in [2.45, 2.75) is 44.2 Å². The molecule has 35 heavy (non-hydrogen) atoms. The van der Waals surface area contributed by atoms with Crippen LogP contribution in [-0.4, -0.2) is 65.2 Å². The minimum Gasteiger partial charge on any atom is -0.481 e. The van der Waals surface area contributed by atoms with Crippen LogP contribution in [0.15, 0.2) is 48.5 Å². The number of benzene rings is 2. The molecule has 1 aliphatic heterocycles. The second kappa shape index (κ2) is 9.77. The third kappa shape index (κ3) is 5.13. The van der Waals surface area contributed by atoms with E-state index >= 15 is 0 Å². The van der Waals surface area contributed by atoms with E-state index in [1.54, 1.807) is 13.8 Å². The lowest BCUT2D eigenvalue weighted by atomic mass is 9.96. The fourth-order valence-electron chi connectivity index (χ4n) is 4.91. The first-order valence-corrected chi connectivity index (χ1v) is 11.6. The van der Waals surface area contributed by atoms with Gasteiger partial charge < -0.3 is 25.4 Å². The Bertz CT molecular complexity index is 1120. The van der Waals surface area contributed by atoms with Crippen LogP contribution in [0.4, 0.5) is 4.79 Å². The van der Waals surface area contributed by atoms with Crippen molar-refractivity contribution in [3.05, 3.63) is 59.7 Å². The minimum atomic E-state index is -1.32. The number of amides is 3. The molecule has 9 nitrogen and oxygen atoms in total. The van der Waals surface area contributed by atoms with Gasteiger partial charge in [0.15, 0.2) is 0 Å². The first-order chi connectivity index (χ1) is 16.7. The lowest BCUT2D eigenvalue weighted by molar-refractivity contribution is -0.145. The summed E-state index contributed by atoms with van der Waals surface area (Å²) in [6, 6.07) is 14.5. The van der Waals surface area contributed by atoms with Crippen LogP contribution in [0, 0.1) is 0 Å². The highest BCUT2D eigenvalue weighted by Crippen LogP contribution is 2.44. The second-order valence-corrected chi connectivity index (χ2v) is 9.45. The molecule has 1 atom stereocenters. The van der Waals surface area contributed by atoms with Gasteiger partial charge in [0.25, 0.3) is 0 Å². The number of carboxylic acids is 1. The largest absolute Gasteiger partial charge is 0.481 e. The Morgan fingerprint density at radius 2 is 1.71 bits per heavy atom. The predicted octanol–water partition coefficient (Wildman–Crippen LogP) is 2.50. The number of rotatable bonds is 6. The molecule has 0 spiro atoms. The molecule has 2 aliphatic rings. The van der Waals surface area contributed by atoms with Gasteiger partial charge in [0.1, 0.15) is 12.6 Å². The van der Waals surface area contributed by atoms with Crippen LogP contribution in [-0.2, 0) is 19.1 Å². The molecule has 3 N–H and O–H groups in total. The standard InChI is InChI=1S/C26H29N3O6/c1-26(2)14-22(30)27-11-12-29(26)24(33)21(13-23(31)32)28-25(34)35-15-20-18-9-5-3-7-16(18)17-8-4-6-10-19(17)20/h3-10,20-21H,11-15H2,1-2H3,(H,27,30)(H,28,34)(H,31,32). The van der Waals surface area contributed by atoms with Crippen LogP contribution < -0.4 is 10.6 Å². The molecule has 1 saturated heterocycles. The van der Waals surface area contributed by atoms with E-state index in [1.165, 1.54) is 4.90 Å². The molecule has 0 aromatic heterocycles. The Labute approximate surface area is 203 Å². The molecule has 9 heteroatoms. The normalized spacial score (nSPS) is 17.4. The van der Waals surface area contributed by atoms with E-state index in [2.05, 4.69) is 10.6 Å². The van der Waals surface area contributed by atoms with Crippen molar-refractivity contribution >= 4 is 23.9 Å². The van der Waals surface area contributed by atoms with E-state index in [0.29, 0.717) is 0 Å². The summed E-state index contributed by atoms with van der Waals surface area (Å²) >= 11 is 0. The van der Waals surface area contributed by atoms with Gasteiger partial charge in [-0.3, -0.25) is 14.4 Å². The molecule has 4 rings (SSSR count). The van der Waals surface area contributed by atoms with Gasteiger partial charge in [-0.05, 0) is 36.1 Å². The number of ether oxygens (including phenoxy) is 1. The number of nitrogens with one attached hydrogen (secondary N) is 2. The molecule has 1 heterocycles. The highest BCUT2D eigenvalue weighted by molar-refractivity contribution is 5.90. The highest BCUT2D eigenvalue weighted by atomic mass is 16.5. The van der Waals surface area contributed by atoms with Crippen LogP contribution in [0.5, 0.6) is 0 Å². The van der Waals surface area contributed by atoms with E-state index in [4.69, 9.17) is 4.74 Å². The molecule has 184 valence electrons. The van der Waals surface area contributed by atoms with Crippen molar-refractivity contribution in [2.75, 3.05) is 19.7 Å². The maximum absolute atomic E-state index is 13.3. The van der Waals surface area contributed by atoms with E-state index in [0.717, 1.165) is 22.3 Å². The van der Waals surface area contributed by atoms with Crippen molar-refractivity contribution in [2.24, 2.45) is 0 Å². The number of carbonyl (C=O) groups excluding carboxylic acids is 3. The molecule has 0 radical (unpaired) electrons. The predicted molar refractivity (Wildman–Crippen MR) is 128 cm³/mol. The van der Waals surface area contributed by atoms with Crippen LogP contribution in [0.25, 0.3) is 11.1 Å². The summed E-state index contributed by atoms with van der Waals surface area (Å²) in [6.07, 6.45) is -1.39. The Kier molecular flexibility index (Phi) is 6.77. The SMILES string of the molecule is CC1(C)CC(=O)NCCN1C(=O)C(CC(=O)O)NC(=O)OCC1c2ccccc2-c2ccccc21. The monoisotopic (exact) mass is 479 g/mol. The van der Waals surface area contributed by atoms with Crippen LogP contribution in [0.2, 0.25) is 0 Å². The number of hydrogen-bond donors (Lipinski definition) is 3. The zero-order valence-electron chi connectivity index (χ0n) is 19.7. The van der Waals surface area contributed by atoms with Crippen LogP contribution in [0.3, 0.4) is 0 Å². The lowest BCUT2D eigenvalue weighted by Crippen LogP contribution is -2.56. The Balaban J connectivity index is 1.46. The zero-order chi connectivity index (χ0) is 25.2. The Hall–Kier alpha value is -3.88. The molecule has 1 unspecified atom stereocenters. The molecule has 0 bridgehead atoms. The van der Waals surface area contributed by atoms with Crippen LogP contribution in [0.1, 0.15) is 43.7 Å². The maximum atomic E-state index is 13.3. The van der Waals surface area contributed by atoms with Gasteiger partial charge in [-0.2, -0.15) is 0 Å². The van der Waals surface area contributed by atoms with Crippen molar-refractivity contribution < 1.29 is 29.0 Å². The quantitative estimate of drug-likeness (QED) is 0.585. The van der Waals surface area contributed by atoms with Gasteiger partial charge in [-0.1, -0.05) is 48.5 Å². The molecule has 1 aliphatic carbocycles. The van der Waals surface area contributed by atoms with Crippen molar-refractivity contribution in [1.82, 2.24) is 15.5 Å². The first kappa shape index (κ1) is 24.3. The zero-order valence-corrected chi connectivity index (χ0v) is 19.7. The number of fused-ring (bicyclic) bond motifs is 3. The topological polar surface area (TPSA) is 125 Å². The summed E-state index contributed by atoms with van der Waals surface area (Å²) in [7, 11) is 0. The third-order valence-corrected chi connectivity index (χ3v) is 6.56. The number of carboxylic acid groups (broad SMARTS) is 1. The molecule has 2 aromatic carbocycles. The van der Waals surface area contributed by atoms with Gasteiger partial charge in [-0.25, -0.2) is 4.79 Å². The van der Waals surface area contributed by atoms with Crippen molar-refractivity contribution in [1.29, 1.82) is 0 Å². The summed E-state index contributed by atoms with van der Waals surface area (Å²) in [6.45, 7) is 3.97. The second-order valence-electron chi connectivity index (χ2n) is 9.45. The summed E-state index contributed by atoms with van der Waals surface area (Å²) in [5.74, 6) is -2.15.